The lowest BCUT2D eigenvalue weighted by Gasteiger charge is -2.19. The van der Waals surface area contributed by atoms with E-state index < -0.39 is 85.9 Å². The maximum atomic E-state index is 13.0. The van der Waals surface area contributed by atoms with E-state index in [2.05, 4.69) is 4.98 Å². The van der Waals surface area contributed by atoms with E-state index in [4.69, 9.17) is 5.21 Å². The molecule has 1 aromatic carbocycles. The Hall–Kier alpha value is -3.43. The van der Waals surface area contributed by atoms with Gasteiger partial charge in [-0.1, -0.05) is 12.1 Å². The molecule has 0 unspecified atom stereocenters. The van der Waals surface area contributed by atoms with Crippen LogP contribution in [0.1, 0.15) is 28.8 Å². The smallest absolute Gasteiger partial charge is 0.289 e. The number of alkyl halides is 3. The van der Waals surface area contributed by atoms with E-state index in [-0.39, 0.29) is 28.2 Å². The molecule has 3 aromatic rings. The van der Waals surface area contributed by atoms with Crippen LogP contribution in [0.15, 0.2) is 73.1 Å². The number of aromatic nitrogens is 1. The highest BCUT2D eigenvalue weighted by atomic mass is 32.3. The second-order valence-electron chi connectivity index (χ2n) is 8.63. The number of carbonyl (C=O) groups excluding carboxylic acids is 2. The minimum absolute atomic E-state index is 0.0437. The summed E-state index contributed by atoms with van der Waals surface area (Å²) < 4.78 is 117. The number of benzene rings is 1. The lowest BCUT2D eigenvalue weighted by atomic mass is 10.1. The van der Waals surface area contributed by atoms with Gasteiger partial charge in [0.25, 0.3) is 31.9 Å². The van der Waals surface area contributed by atoms with Crippen molar-refractivity contribution in [3.63, 3.8) is 0 Å². The largest absolute Gasteiger partial charge is 0.417 e. The standard InChI is InChI=1S/C22H19F3N4O9S4/c23-22(24,25)13-7-8-17(26-12-13)40(33,34)18-9-10-19(39-18)41(35,36)28-15(20(30)27-32)5-3-11-29-21(31)14-4-1-2-6-16(14)42(29,37)38/h1-2,4,6-10,12,15,28,32H,3,5,11H2,(H,27,30)/t15-/m1/s1. The van der Waals surface area contributed by atoms with Gasteiger partial charge in [0, 0.05) is 12.7 Å². The number of hydroxylamine groups is 1. The molecular weight excluding hydrogens is 650 g/mol. The predicted molar refractivity (Wildman–Crippen MR) is 137 cm³/mol. The van der Waals surface area contributed by atoms with E-state index in [0.717, 1.165) is 12.1 Å². The molecule has 0 saturated carbocycles. The van der Waals surface area contributed by atoms with Crippen molar-refractivity contribution in [3.8, 4) is 0 Å². The molecule has 1 aliphatic heterocycles. The molecule has 0 radical (unpaired) electrons. The monoisotopic (exact) mass is 668 g/mol. The number of amides is 2. The highest BCUT2D eigenvalue weighted by molar-refractivity contribution is 7.95. The van der Waals surface area contributed by atoms with Gasteiger partial charge >= 0.3 is 6.18 Å². The van der Waals surface area contributed by atoms with Crippen LogP contribution in [-0.2, 0) is 40.9 Å². The van der Waals surface area contributed by atoms with Gasteiger partial charge in [-0.15, -0.1) is 11.3 Å². The number of sulfonamides is 2. The second kappa shape index (κ2) is 11.3. The molecule has 0 saturated heterocycles. The fourth-order valence-electron chi connectivity index (χ4n) is 3.86. The highest BCUT2D eigenvalue weighted by Gasteiger charge is 2.40. The number of thiophene rings is 1. The molecule has 4 rings (SSSR count). The first-order valence-electron chi connectivity index (χ1n) is 11.5. The van der Waals surface area contributed by atoms with E-state index in [1.54, 1.807) is 0 Å². The van der Waals surface area contributed by atoms with Crippen LogP contribution in [0.4, 0.5) is 13.2 Å². The average molecular weight is 669 g/mol. The van der Waals surface area contributed by atoms with Gasteiger partial charge < -0.3 is 0 Å². The average Bonchev–Trinajstić information content (AvgIpc) is 3.52. The van der Waals surface area contributed by atoms with E-state index >= 15 is 0 Å². The van der Waals surface area contributed by atoms with Crippen LogP contribution in [0.5, 0.6) is 0 Å². The molecule has 42 heavy (non-hydrogen) atoms. The molecular formula is C22H19F3N4O9S4. The number of halogens is 3. The molecule has 0 bridgehead atoms. The highest BCUT2D eigenvalue weighted by Crippen LogP contribution is 2.33. The zero-order valence-corrected chi connectivity index (χ0v) is 24.0. The molecule has 3 heterocycles. The molecule has 2 aromatic heterocycles. The number of nitrogens with one attached hydrogen (secondary N) is 2. The number of hydrogen-bond acceptors (Lipinski definition) is 11. The fraction of sp³-hybridized carbons (Fsp3) is 0.227. The van der Waals surface area contributed by atoms with Gasteiger partial charge in [0.1, 0.15) is 19.4 Å². The lowest BCUT2D eigenvalue weighted by Crippen LogP contribution is -2.46. The molecule has 1 aliphatic rings. The summed E-state index contributed by atoms with van der Waals surface area (Å²) in [6.07, 6.45) is -5.06. The zero-order chi connectivity index (χ0) is 31.1. The van der Waals surface area contributed by atoms with Crippen molar-refractivity contribution in [3.05, 3.63) is 65.9 Å². The normalized spacial score (nSPS) is 15.8. The van der Waals surface area contributed by atoms with Crippen molar-refractivity contribution in [2.24, 2.45) is 0 Å². The van der Waals surface area contributed by atoms with Crippen LogP contribution >= 0.6 is 11.3 Å². The minimum Gasteiger partial charge on any atom is -0.289 e. The quantitative estimate of drug-likeness (QED) is 0.212. The number of nitrogens with zero attached hydrogens (tertiary/aromatic N) is 2. The van der Waals surface area contributed by atoms with E-state index in [1.807, 2.05) is 4.72 Å². The Kier molecular flexibility index (Phi) is 8.50. The summed E-state index contributed by atoms with van der Waals surface area (Å²) in [5, 5.41) is 8.32. The Morgan fingerprint density at radius 2 is 1.71 bits per heavy atom. The summed E-state index contributed by atoms with van der Waals surface area (Å²) in [4.78, 5) is 27.9. The molecule has 226 valence electrons. The third-order valence-electron chi connectivity index (χ3n) is 5.92. The summed E-state index contributed by atoms with van der Waals surface area (Å²) in [6, 6.07) is 6.71. The van der Waals surface area contributed by atoms with Gasteiger partial charge in [-0.3, -0.25) is 14.8 Å². The first kappa shape index (κ1) is 31.5. The maximum Gasteiger partial charge on any atom is 0.417 e. The Balaban J connectivity index is 1.48. The Bertz CT molecular complexity index is 1860. The molecule has 20 heteroatoms. The lowest BCUT2D eigenvalue weighted by molar-refractivity contribution is -0.138. The van der Waals surface area contributed by atoms with Crippen molar-refractivity contribution in [2.45, 2.75) is 43.4 Å². The van der Waals surface area contributed by atoms with Gasteiger partial charge in [-0.2, -0.15) is 17.9 Å². The van der Waals surface area contributed by atoms with Crippen molar-refractivity contribution in [1.29, 1.82) is 0 Å². The van der Waals surface area contributed by atoms with E-state index in [9.17, 15) is 48.0 Å². The molecule has 1 atom stereocenters. The van der Waals surface area contributed by atoms with Crippen LogP contribution in [0.3, 0.4) is 0 Å². The Morgan fingerprint density at radius 3 is 2.31 bits per heavy atom. The van der Waals surface area contributed by atoms with Crippen LogP contribution in [0, 0.1) is 0 Å². The number of fused-ring (bicyclic) bond motifs is 1. The van der Waals surface area contributed by atoms with Gasteiger partial charge in [0.2, 0.25) is 9.84 Å². The van der Waals surface area contributed by atoms with Crippen molar-refractivity contribution >= 4 is 53.0 Å². The molecule has 3 N–H and O–H groups in total. The number of rotatable bonds is 10. The first-order chi connectivity index (χ1) is 19.5. The number of hydrogen-bond donors (Lipinski definition) is 3. The molecule has 0 spiro atoms. The fourth-order valence-corrected chi connectivity index (χ4v) is 9.77. The third-order valence-corrected chi connectivity index (χ3v) is 13.0. The molecule has 0 aliphatic carbocycles. The van der Waals surface area contributed by atoms with Crippen LogP contribution in [0.25, 0.3) is 0 Å². The SMILES string of the molecule is O=C(NO)[C@@H](CCCN1C(=O)c2ccccc2S1(=O)=O)NS(=O)(=O)c1ccc(S(=O)(=O)c2ccc(C(F)(F)F)cn2)s1. The van der Waals surface area contributed by atoms with Crippen molar-refractivity contribution < 1.29 is 53.2 Å². The van der Waals surface area contributed by atoms with Crippen molar-refractivity contribution in [1.82, 2.24) is 19.5 Å². The third kappa shape index (κ3) is 6.03. The van der Waals surface area contributed by atoms with Gasteiger partial charge in [-0.25, -0.2) is 40.0 Å². The Morgan fingerprint density at radius 1 is 1.05 bits per heavy atom. The van der Waals surface area contributed by atoms with Gasteiger partial charge in [0.15, 0.2) is 5.03 Å². The second-order valence-corrected chi connectivity index (χ2v) is 15.6. The van der Waals surface area contributed by atoms with E-state index in [1.165, 1.54) is 29.7 Å². The Labute approximate surface area is 241 Å². The van der Waals surface area contributed by atoms with Gasteiger partial charge in [-0.05, 0) is 49.2 Å². The summed E-state index contributed by atoms with van der Waals surface area (Å²) in [6.45, 7) is -0.422. The molecule has 0 fully saturated rings. The van der Waals surface area contributed by atoms with Crippen LogP contribution in [0.2, 0.25) is 0 Å². The number of carbonyl (C=O) groups is 2. The zero-order valence-electron chi connectivity index (χ0n) is 20.8. The van der Waals surface area contributed by atoms with Gasteiger partial charge in [0.05, 0.1) is 11.1 Å². The summed E-state index contributed by atoms with van der Waals surface area (Å²) >= 11 is 0.223. The number of pyridine rings is 1. The van der Waals surface area contributed by atoms with Crippen molar-refractivity contribution in [2.75, 3.05) is 6.54 Å². The van der Waals surface area contributed by atoms with E-state index in [0.29, 0.717) is 22.6 Å². The predicted octanol–water partition coefficient (Wildman–Crippen LogP) is 1.77. The topological polar surface area (TPSA) is 197 Å². The summed E-state index contributed by atoms with van der Waals surface area (Å²) in [5.74, 6) is -2.03. The summed E-state index contributed by atoms with van der Waals surface area (Å²) in [5.41, 5.74) is 0.0434. The van der Waals surface area contributed by atoms with Crippen LogP contribution < -0.4 is 10.2 Å². The first-order valence-corrected chi connectivity index (χ1v) is 16.7. The minimum atomic E-state index is -4.76. The molecule has 2 amide bonds. The summed E-state index contributed by atoms with van der Waals surface area (Å²) in [7, 11) is -13.3. The molecule has 13 nitrogen and oxygen atoms in total. The number of sulfone groups is 1. The van der Waals surface area contributed by atoms with Crippen LogP contribution in [-0.4, -0.2) is 64.2 Å². The maximum absolute atomic E-state index is 13.0.